The van der Waals surface area contributed by atoms with Crippen molar-refractivity contribution in [1.29, 1.82) is 0 Å². The highest BCUT2D eigenvalue weighted by molar-refractivity contribution is 7.47. The van der Waals surface area contributed by atoms with Crippen molar-refractivity contribution in [3.8, 4) is 0 Å². The third kappa shape index (κ3) is 73.9. The van der Waals surface area contributed by atoms with Crippen LogP contribution in [0.1, 0.15) is 246 Å². The average molecular weight is 1490 g/mol. The van der Waals surface area contributed by atoms with E-state index in [0.717, 1.165) is 154 Å². The van der Waals surface area contributed by atoms with E-state index in [1.165, 1.54) is 0 Å². The summed E-state index contributed by atoms with van der Waals surface area (Å²) in [6.07, 6.45) is 92.7. The zero-order chi connectivity index (χ0) is 76.0. The Kier molecular flexibility index (Phi) is 70.3. The van der Waals surface area contributed by atoms with Crippen LogP contribution < -0.4 is 0 Å². The first kappa shape index (κ1) is 97.6. The summed E-state index contributed by atoms with van der Waals surface area (Å²) < 4.78 is 68.3. The quantitative estimate of drug-likeness (QED) is 0.0169. The second-order valence-electron chi connectivity index (χ2n) is 24.4. The van der Waals surface area contributed by atoms with Gasteiger partial charge in [-0.05, 0) is 173 Å². The summed E-state index contributed by atoms with van der Waals surface area (Å²) in [5.41, 5.74) is 0. The Morgan fingerprint density at radius 2 is 0.490 bits per heavy atom. The number of phosphoric ester groups is 2. The maximum absolute atomic E-state index is 13.1. The number of allylic oxidation sites excluding steroid dienone is 34. The van der Waals surface area contributed by atoms with Crippen LogP contribution in [0.25, 0.3) is 0 Å². The number of aliphatic hydroxyl groups excluding tert-OH is 1. The highest BCUT2D eigenvalue weighted by Gasteiger charge is 2.30. The molecule has 584 valence electrons. The summed E-state index contributed by atoms with van der Waals surface area (Å²) in [5.74, 6) is -2.42. The molecule has 0 amide bonds. The zero-order valence-electron chi connectivity index (χ0n) is 63.6. The van der Waals surface area contributed by atoms with E-state index in [4.69, 9.17) is 37.0 Å². The summed E-state index contributed by atoms with van der Waals surface area (Å²) in [5, 5.41) is 10.6. The normalized spacial score (nSPS) is 15.0. The van der Waals surface area contributed by atoms with Crippen molar-refractivity contribution in [2.45, 2.75) is 264 Å². The number of carbonyl (C=O) groups excluding carboxylic acids is 4. The lowest BCUT2D eigenvalue weighted by Gasteiger charge is -2.21. The Labute approximate surface area is 627 Å². The fourth-order valence-electron chi connectivity index (χ4n) is 9.06. The molecule has 0 aromatic heterocycles. The summed E-state index contributed by atoms with van der Waals surface area (Å²) >= 11 is 0. The van der Waals surface area contributed by atoms with E-state index in [0.29, 0.717) is 38.5 Å². The lowest BCUT2D eigenvalue weighted by molar-refractivity contribution is -0.161. The maximum atomic E-state index is 13.1. The molecule has 0 rings (SSSR count). The molecule has 5 atom stereocenters. The van der Waals surface area contributed by atoms with Gasteiger partial charge in [0.2, 0.25) is 0 Å². The van der Waals surface area contributed by atoms with Crippen molar-refractivity contribution < 1.29 is 80.2 Å². The van der Waals surface area contributed by atoms with Crippen LogP contribution >= 0.6 is 15.6 Å². The molecule has 0 aliphatic carbocycles. The number of hydrogen-bond donors (Lipinski definition) is 3. The molecule has 19 heteroatoms. The van der Waals surface area contributed by atoms with E-state index in [2.05, 4.69) is 210 Å². The first-order valence-electron chi connectivity index (χ1n) is 38.3. The van der Waals surface area contributed by atoms with Gasteiger partial charge >= 0.3 is 39.5 Å². The Morgan fingerprint density at radius 3 is 0.798 bits per heavy atom. The minimum atomic E-state index is -5.02. The van der Waals surface area contributed by atoms with Crippen LogP contribution in [0.15, 0.2) is 207 Å². The second kappa shape index (κ2) is 74.9. The third-order valence-electron chi connectivity index (χ3n) is 14.7. The fraction of sp³-hybridized carbons (Fsp3) is 0.553. The Balaban J connectivity index is 5.54. The number of unbranched alkanes of at least 4 members (excludes halogenated alkanes) is 9. The predicted molar refractivity (Wildman–Crippen MR) is 426 cm³/mol. The van der Waals surface area contributed by atoms with Crippen LogP contribution in [0.4, 0.5) is 0 Å². The molecule has 3 N–H and O–H groups in total. The summed E-state index contributed by atoms with van der Waals surface area (Å²) in [7, 11) is -10.0. The first-order chi connectivity index (χ1) is 50.7. The third-order valence-corrected chi connectivity index (χ3v) is 16.6. The van der Waals surface area contributed by atoms with E-state index in [-0.39, 0.29) is 25.7 Å². The predicted octanol–water partition coefficient (Wildman–Crippen LogP) is 22.3. The van der Waals surface area contributed by atoms with Gasteiger partial charge in [-0.25, -0.2) is 9.13 Å². The zero-order valence-corrected chi connectivity index (χ0v) is 65.4. The van der Waals surface area contributed by atoms with Gasteiger partial charge < -0.3 is 33.8 Å². The van der Waals surface area contributed by atoms with Crippen LogP contribution in [0.5, 0.6) is 0 Å². The SMILES string of the molecule is CC/C=C\C/C=C\C/C=C\C/C=C\C/C=C\C/C=C\CCC(=O)OCC(COP(=O)(O)OCC(O)COP(=O)(O)OCC(COC(=O)CCCC/C=C\C/C=C\C/C=C\C/C=C\CC)OC(=O)CCCC/C=C\C/C=C\C/C=C\C/C=C\CC)OC(=O)CCCCCCC/C=C\C/C=C\C/C=C\CC. The molecular weight excluding hydrogens is 1350 g/mol. The molecule has 0 bridgehead atoms. The molecule has 0 aliphatic heterocycles. The van der Waals surface area contributed by atoms with Gasteiger partial charge in [0.05, 0.1) is 26.4 Å². The Hall–Kier alpha value is -6.36. The minimum absolute atomic E-state index is 0.0217. The highest BCUT2D eigenvalue weighted by Crippen LogP contribution is 2.45. The second-order valence-corrected chi connectivity index (χ2v) is 27.3. The molecule has 0 aromatic carbocycles. The van der Waals surface area contributed by atoms with Crippen LogP contribution in [-0.2, 0) is 65.4 Å². The summed E-state index contributed by atoms with van der Waals surface area (Å²) in [6, 6.07) is 0. The number of rotatable bonds is 69. The molecule has 104 heavy (non-hydrogen) atoms. The highest BCUT2D eigenvalue weighted by atomic mass is 31.2. The van der Waals surface area contributed by atoms with Gasteiger partial charge in [0.25, 0.3) is 0 Å². The molecule has 0 spiro atoms. The van der Waals surface area contributed by atoms with Gasteiger partial charge in [-0.15, -0.1) is 0 Å². The molecule has 17 nitrogen and oxygen atoms in total. The lowest BCUT2D eigenvalue weighted by Crippen LogP contribution is -2.30. The fourth-order valence-corrected chi connectivity index (χ4v) is 10.6. The molecule has 0 saturated carbocycles. The van der Waals surface area contributed by atoms with Crippen molar-refractivity contribution in [2.75, 3.05) is 39.6 Å². The van der Waals surface area contributed by atoms with Crippen LogP contribution in [0.3, 0.4) is 0 Å². The van der Waals surface area contributed by atoms with Crippen molar-refractivity contribution >= 4 is 39.5 Å². The van der Waals surface area contributed by atoms with Crippen LogP contribution in [-0.4, -0.2) is 96.7 Å². The number of aliphatic hydroxyl groups is 1. The molecule has 5 unspecified atom stereocenters. The van der Waals surface area contributed by atoms with Gasteiger partial charge in [0, 0.05) is 25.7 Å². The molecule has 0 radical (unpaired) electrons. The topological polar surface area (TPSA) is 237 Å². The lowest BCUT2D eigenvalue weighted by atomic mass is 10.1. The Bertz CT molecular complexity index is 2790. The van der Waals surface area contributed by atoms with Gasteiger partial charge in [0.15, 0.2) is 12.2 Å². The van der Waals surface area contributed by atoms with E-state index in [1.54, 1.807) is 0 Å². The van der Waals surface area contributed by atoms with Crippen molar-refractivity contribution in [1.82, 2.24) is 0 Å². The van der Waals surface area contributed by atoms with E-state index in [1.807, 2.05) is 24.3 Å². The molecule has 0 fully saturated rings. The van der Waals surface area contributed by atoms with E-state index < -0.39 is 97.5 Å². The van der Waals surface area contributed by atoms with Gasteiger partial charge in [-0.1, -0.05) is 254 Å². The monoisotopic (exact) mass is 1490 g/mol. The molecular formula is C85H132O17P2. The molecule has 0 aromatic rings. The number of carbonyl (C=O) groups is 4. The first-order valence-corrected chi connectivity index (χ1v) is 41.3. The smallest absolute Gasteiger partial charge is 0.462 e. The summed E-state index contributed by atoms with van der Waals surface area (Å²) in [6.45, 7) is 4.16. The van der Waals surface area contributed by atoms with E-state index >= 15 is 0 Å². The van der Waals surface area contributed by atoms with E-state index in [9.17, 15) is 43.2 Å². The molecule has 0 heterocycles. The van der Waals surface area contributed by atoms with Crippen LogP contribution in [0, 0.1) is 0 Å². The summed E-state index contributed by atoms with van der Waals surface area (Å²) in [4.78, 5) is 72.9. The van der Waals surface area contributed by atoms with Gasteiger partial charge in [-0.3, -0.25) is 37.3 Å². The molecule has 0 aliphatic rings. The van der Waals surface area contributed by atoms with Crippen LogP contribution in [0.2, 0.25) is 0 Å². The van der Waals surface area contributed by atoms with Crippen molar-refractivity contribution in [3.05, 3.63) is 207 Å². The average Bonchev–Trinajstić information content (AvgIpc) is 0.918. The number of esters is 4. The van der Waals surface area contributed by atoms with Gasteiger partial charge in [0.1, 0.15) is 19.3 Å². The number of ether oxygens (including phenoxy) is 4. The maximum Gasteiger partial charge on any atom is 0.472 e. The largest absolute Gasteiger partial charge is 0.472 e. The van der Waals surface area contributed by atoms with Crippen molar-refractivity contribution in [3.63, 3.8) is 0 Å². The Morgan fingerprint density at radius 1 is 0.269 bits per heavy atom. The minimum Gasteiger partial charge on any atom is -0.462 e. The van der Waals surface area contributed by atoms with Gasteiger partial charge in [-0.2, -0.15) is 0 Å². The standard InChI is InChI=1S/C85H132O17P2/c1-5-9-13-17-21-25-29-33-37-38-39-40-44-46-50-54-58-62-66-70-83(88)96-76-81(102-85(90)72-68-64-60-56-52-48-43-36-32-28-24-20-16-12-8-4)78-100-104(93,94)98-74-79(86)73-97-103(91,92)99-77-80(101-84(89)71-67-63-59-55-51-47-42-35-31-27-23-19-15-11-7-3)75-95-82(87)69-65-61-57-53-49-45-41-34-30-26-22-18-14-10-6-2/h9-16,21-28,33-37,39-43,46,49-51,53,55,58,62,79-81,86H,5-8,17-20,29-32,38,44-45,47-48,52,54,56-57,59-61,63-78H2,1-4H3,(H,91,92)(H,93,94)/b13-9-,14-10-,15-11-,16-12-,25-21-,26-22-,27-23-,28-24-,37-33-,40-39-,41-34-,42-35-,43-36-,50-46-,53-49-,55-51-,62-58-. The number of phosphoric acid groups is 2. The van der Waals surface area contributed by atoms with Crippen molar-refractivity contribution in [2.24, 2.45) is 0 Å². The molecule has 0 saturated heterocycles. The number of hydrogen-bond acceptors (Lipinski definition) is 15.